The monoisotopic (exact) mass is 415 g/mol. The molecule has 0 atom stereocenters. The molecule has 3 rings (SSSR count). The fourth-order valence-corrected chi connectivity index (χ4v) is 3.08. The highest BCUT2D eigenvalue weighted by molar-refractivity contribution is 6.30. The van der Waals surface area contributed by atoms with Gasteiger partial charge >= 0.3 is 11.7 Å². The number of halogens is 1. The van der Waals surface area contributed by atoms with E-state index >= 15 is 0 Å². The minimum atomic E-state index is -1.01. The number of benzene rings is 1. The Morgan fingerprint density at radius 3 is 2.76 bits per heavy atom. The van der Waals surface area contributed by atoms with Crippen LogP contribution >= 0.6 is 11.6 Å². The summed E-state index contributed by atoms with van der Waals surface area (Å²) in [5.74, 6) is -0.725. The summed E-state index contributed by atoms with van der Waals surface area (Å²) in [7, 11) is 0. The zero-order chi connectivity index (χ0) is 21.0. The number of nitrogens with one attached hydrogen (secondary N) is 1. The lowest BCUT2D eigenvalue weighted by atomic mass is 10.1. The summed E-state index contributed by atoms with van der Waals surface area (Å²) < 4.78 is 1.80. The van der Waals surface area contributed by atoms with E-state index in [1.54, 1.807) is 35.2 Å². The molecule has 0 aliphatic carbocycles. The van der Waals surface area contributed by atoms with Crippen molar-refractivity contribution in [3.8, 4) is 11.1 Å². The van der Waals surface area contributed by atoms with Crippen molar-refractivity contribution >= 4 is 34.9 Å². The number of nitro groups is 1. The number of nitrogens with zero attached hydrogens (tertiary/aromatic N) is 3. The number of anilines is 2. The topological polar surface area (TPSA) is 136 Å². The Morgan fingerprint density at radius 2 is 2.10 bits per heavy atom. The molecule has 2 heterocycles. The number of carboxylic acid groups (broad SMARTS) is 1. The van der Waals surface area contributed by atoms with E-state index in [9.17, 15) is 20.0 Å². The van der Waals surface area contributed by atoms with E-state index in [2.05, 4.69) is 10.3 Å². The highest BCUT2D eigenvalue weighted by atomic mass is 35.5. The van der Waals surface area contributed by atoms with Crippen molar-refractivity contribution in [2.24, 2.45) is 0 Å². The number of hydrogen-bond acceptors (Lipinski definition) is 6. The maximum Gasteiger partial charge on any atom is 0.337 e. The number of aromatic carboxylic acids is 1. The molecule has 0 aliphatic rings. The van der Waals surface area contributed by atoms with Gasteiger partial charge in [0.15, 0.2) is 0 Å². The fraction of sp³-hybridized carbons (Fsp3) is 0.158. The van der Waals surface area contributed by atoms with Gasteiger partial charge in [0.05, 0.1) is 10.5 Å². The van der Waals surface area contributed by atoms with Gasteiger partial charge in [-0.3, -0.25) is 10.1 Å². The molecule has 0 saturated carbocycles. The van der Waals surface area contributed by atoms with Crippen LogP contribution in [0.2, 0.25) is 5.02 Å². The van der Waals surface area contributed by atoms with Gasteiger partial charge in [-0.1, -0.05) is 23.7 Å². The Bertz CT molecular complexity index is 1070. The van der Waals surface area contributed by atoms with E-state index in [0.717, 1.165) is 5.56 Å². The van der Waals surface area contributed by atoms with E-state index < -0.39 is 10.9 Å². The van der Waals surface area contributed by atoms with Crippen molar-refractivity contribution in [3.63, 3.8) is 0 Å². The van der Waals surface area contributed by atoms with Crippen molar-refractivity contribution < 1.29 is 14.8 Å². The van der Waals surface area contributed by atoms with Crippen molar-refractivity contribution in [1.29, 1.82) is 0 Å². The summed E-state index contributed by atoms with van der Waals surface area (Å²) in [6, 6.07) is 9.82. The van der Waals surface area contributed by atoms with Gasteiger partial charge in [0.25, 0.3) is 0 Å². The first-order valence-electron chi connectivity index (χ1n) is 8.69. The zero-order valence-corrected chi connectivity index (χ0v) is 16.0. The standard InChI is InChI=1S/C19H18ClN5O4/c20-13-4-1-3-12(9-13)14-10-24(11-15(14)19(26)27)8-2-7-22-17-6-5-16(25(28)29)18(21)23-17/h1,3-6,9-11H,2,7-8H2,(H,26,27)(H3,21,22,23). The molecule has 0 spiro atoms. The second kappa shape index (κ2) is 8.61. The van der Waals surface area contributed by atoms with Gasteiger partial charge in [-0.25, -0.2) is 9.78 Å². The highest BCUT2D eigenvalue weighted by Gasteiger charge is 2.16. The molecule has 9 nitrogen and oxygen atoms in total. The molecule has 0 aliphatic heterocycles. The van der Waals surface area contributed by atoms with Gasteiger partial charge < -0.3 is 20.7 Å². The van der Waals surface area contributed by atoms with Crippen LogP contribution in [0.3, 0.4) is 0 Å². The first-order chi connectivity index (χ1) is 13.8. The van der Waals surface area contributed by atoms with Crippen molar-refractivity contribution in [1.82, 2.24) is 9.55 Å². The molecule has 0 amide bonds. The maximum atomic E-state index is 11.6. The summed E-state index contributed by atoms with van der Waals surface area (Å²) in [5.41, 5.74) is 6.86. The lowest BCUT2D eigenvalue weighted by Crippen LogP contribution is -2.08. The van der Waals surface area contributed by atoms with Crippen molar-refractivity contribution in [2.45, 2.75) is 13.0 Å². The van der Waals surface area contributed by atoms with Gasteiger partial charge in [0.1, 0.15) is 5.82 Å². The van der Waals surface area contributed by atoms with Gasteiger partial charge in [0, 0.05) is 42.1 Å². The molecular weight excluding hydrogens is 398 g/mol. The molecule has 0 fully saturated rings. The molecule has 0 bridgehead atoms. The zero-order valence-electron chi connectivity index (χ0n) is 15.2. The number of pyridine rings is 1. The minimum Gasteiger partial charge on any atom is -0.478 e. The predicted molar refractivity (Wildman–Crippen MR) is 110 cm³/mol. The third-order valence-electron chi connectivity index (χ3n) is 4.24. The number of aryl methyl sites for hydroxylation is 1. The molecule has 2 aromatic heterocycles. The summed E-state index contributed by atoms with van der Waals surface area (Å²) in [6.07, 6.45) is 4.03. The maximum absolute atomic E-state index is 11.6. The second-order valence-corrected chi connectivity index (χ2v) is 6.71. The molecule has 0 saturated heterocycles. The molecule has 29 heavy (non-hydrogen) atoms. The van der Waals surface area contributed by atoms with Crippen LogP contribution in [0.5, 0.6) is 0 Å². The molecule has 10 heteroatoms. The van der Waals surface area contributed by atoms with Crippen LogP contribution < -0.4 is 11.1 Å². The Hall–Kier alpha value is -3.59. The lowest BCUT2D eigenvalue weighted by molar-refractivity contribution is -0.384. The van der Waals surface area contributed by atoms with Crippen LogP contribution in [0, 0.1) is 10.1 Å². The number of rotatable bonds is 8. The van der Waals surface area contributed by atoms with Crippen LogP contribution in [0.4, 0.5) is 17.3 Å². The van der Waals surface area contributed by atoms with Crippen LogP contribution in [0.15, 0.2) is 48.8 Å². The van der Waals surface area contributed by atoms with E-state index in [1.165, 1.54) is 12.1 Å². The van der Waals surface area contributed by atoms with Gasteiger partial charge in [-0.15, -0.1) is 0 Å². The van der Waals surface area contributed by atoms with Crippen LogP contribution in [0.1, 0.15) is 16.8 Å². The van der Waals surface area contributed by atoms with Gasteiger partial charge in [-0.05, 0) is 30.2 Å². The first-order valence-corrected chi connectivity index (χ1v) is 9.06. The Labute approximate surface area is 170 Å². The van der Waals surface area contributed by atoms with Gasteiger partial charge in [0.2, 0.25) is 5.82 Å². The largest absolute Gasteiger partial charge is 0.478 e. The van der Waals surface area contributed by atoms with Crippen LogP contribution in [-0.2, 0) is 6.54 Å². The fourth-order valence-electron chi connectivity index (χ4n) is 2.89. The normalized spacial score (nSPS) is 10.7. The number of aromatic nitrogens is 2. The highest BCUT2D eigenvalue weighted by Crippen LogP contribution is 2.27. The Balaban J connectivity index is 1.64. The van der Waals surface area contributed by atoms with Crippen LogP contribution in [-0.4, -0.2) is 32.1 Å². The number of carbonyl (C=O) groups is 1. The number of hydrogen-bond donors (Lipinski definition) is 3. The van der Waals surface area contributed by atoms with Crippen LogP contribution in [0.25, 0.3) is 11.1 Å². The average Bonchev–Trinajstić information content (AvgIpc) is 3.10. The number of nitrogen functional groups attached to an aromatic ring is 1. The summed E-state index contributed by atoms with van der Waals surface area (Å²) in [6.45, 7) is 1.09. The molecule has 3 aromatic rings. The summed E-state index contributed by atoms with van der Waals surface area (Å²) in [4.78, 5) is 25.7. The summed E-state index contributed by atoms with van der Waals surface area (Å²) >= 11 is 6.02. The second-order valence-electron chi connectivity index (χ2n) is 6.28. The third kappa shape index (κ3) is 4.82. The molecule has 150 valence electrons. The summed E-state index contributed by atoms with van der Waals surface area (Å²) in [5, 5.41) is 23.8. The smallest absolute Gasteiger partial charge is 0.337 e. The van der Waals surface area contributed by atoms with Gasteiger partial charge in [-0.2, -0.15) is 0 Å². The van der Waals surface area contributed by atoms with E-state index in [1.807, 2.05) is 6.07 Å². The lowest BCUT2D eigenvalue weighted by Gasteiger charge is -2.07. The van der Waals surface area contributed by atoms with Crippen molar-refractivity contribution in [3.05, 3.63) is 69.5 Å². The average molecular weight is 416 g/mol. The SMILES string of the molecule is Nc1nc(NCCCn2cc(C(=O)O)c(-c3cccc(Cl)c3)c2)ccc1[N+](=O)[O-]. The number of carboxylic acids is 1. The van der Waals surface area contributed by atoms with E-state index in [0.29, 0.717) is 35.9 Å². The predicted octanol–water partition coefficient (Wildman–Crippen LogP) is 3.89. The van der Waals surface area contributed by atoms with E-state index in [4.69, 9.17) is 17.3 Å². The minimum absolute atomic E-state index is 0.150. The molecular formula is C19H18ClN5O4. The Morgan fingerprint density at radius 1 is 1.31 bits per heavy atom. The molecule has 0 unspecified atom stereocenters. The van der Waals surface area contributed by atoms with E-state index in [-0.39, 0.29) is 17.1 Å². The quantitative estimate of drug-likeness (QED) is 0.288. The molecule has 1 aromatic carbocycles. The third-order valence-corrected chi connectivity index (χ3v) is 4.48. The van der Waals surface area contributed by atoms with Crippen molar-refractivity contribution in [2.75, 3.05) is 17.6 Å². The molecule has 4 N–H and O–H groups in total. The first kappa shape index (κ1) is 20.2. The molecule has 0 radical (unpaired) electrons. The Kier molecular flexibility index (Phi) is 5.99. The number of nitrogens with two attached hydrogens (primary N) is 1.